The Kier molecular flexibility index (Phi) is 5.59. The minimum absolute atomic E-state index is 0.234. The van der Waals surface area contributed by atoms with E-state index in [1.807, 2.05) is 0 Å². The number of carboxylic acid groups (broad SMARTS) is 1. The van der Waals surface area contributed by atoms with Crippen LogP contribution >= 0.6 is 11.3 Å². The average Bonchev–Trinajstić information content (AvgIpc) is 2.74. The molecule has 0 fully saturated rings. The number of aromatic carboxylic acids is 1. The Hall–Kier alpha value is -2.00. The van der Waals surface area contributed by atoms with E-state index < -0.39 is 17.7 Å². The van der Waals surface area contributed by atoms with Crippen molar-refractivity contribution in [1.29, 1.82) is 0 Å². The van der Waals surface area contributed by atoms with Crippen molar-refractivity contribution in [2.45, 2.75) is 32.8 Å². The molecule has 20 heavy (non-hydrogen) atoms. The molecule has 1 amide bonds. The third kappa shape index (κ3) is 5.76. The number of carbonyl (C=O) groups excluding carboxylic acids is 1. The summed E-state index contributed by atoms with van der Waals surface area (Å²) in [6, 6.07) is 1.67. The Morgan fingerprint density at radius 1 is 1.45 bits per heavy atom. The maximum atomic E-state index is 11.3. The van der Waals surface area contributed by atoms with E-state index in [-0.39, 0.29) is 4.88 Å². The third-order valence-corrected chi connectivity index (χ3v) is 2.90. The molecule has 0 atom stereocenters. The van der Waals surface area contributed by atoms with Gasteiger partial charge in [0.2, 0.25) is 0 Å². The zero-order valence-corrected chi connectivity index (χ0v) is 12.5. The molecular weight excluding hydrogens is 278 g/mol. The predicted molar refractivity (Wildman–Crippen MR) is 77.0 cm³/mol. The van der Waals surface area contributed by atoms with Gasteiger partial charge in [0.25, 0.3) is 0 Å². The Morgan fingerprint density at radius 3 is 2.75 bits per heavy atom. The maximum absolute atomic E-state index is 11.3. The number of nitrogens with one attached hydrogen (secondary N) is 1. The van der Waals surface area contributed by atoms with E-state index >= 15 is 0 Å². The summed E-state index contributed by atoms with van der Waals surface area (Å²) in [7, 11) is 0. The largest absolute Gasteiger partial charge is 0.477 e. The molecule has 0 aromatic carbocycles. The molecular formula is C14H17NO4S. The lowest BCUT2D eigenvalue weighted by atomic mass is 10.2. The standard InChI is InChI=1S/C14H17NO4S/c1-14(2,3)19-13(18)15-8-5-4-6-10-7-9-20-11(10)12(16)17/h7,9H,5,8H2,1-3H3,(H,15,18)(H,16,17). The van der Waals surface area contributed by atoms with Gasteiger partial charge in [-0.25, -0.2) is 9.59 Å². The van der Waals surface area contributed by atoms with Crippen molar-refractivity contribution in [2.75, 3.05) is 6.54 Å². The fraction of sp³-hybridized carbons (Fsp3) is 0.429. The second-order valence-electron chi connectivity index (χ2n) is 4.95. The minimum Gasteiger partial charge on any atom is -0.477 e. The molecule has 1 rings (SSSR count). The number of carboxylic acids is 1. The highest BCUT2D eigenvalue weighted by atomic mass is 32.1. The van der Waals surface area contributed by atoms with E-state index in [2.05, 4.69) is 17.2 Å². The van der Waals surface area contributed by atoms with Gasteiger partial charge in [0, 0.05) is 18.5 Å². The first kappa shape index (κ1) is 16.1. The van der Waals surface area contributed by atoms with E-state index in [1.165, 1.54) is 0 Å². The summed E-state index contributed by atoms with van der Waals surface area (Å²) >= 11 is 1.14. The molecule has 6 heteroatoms. The first-order valence-corrected chi connectivity index (χ1v) is 6.94. The van der Waals surface area contributed by atoms with Gasteiger partial charge in [0.1, 0.15) is 10.5 Å². The topological polar surface area (TPSA) is 75.6 Å². The summed E-state index contributed by atoms with van der Waals surface area (Å²) in [5.74, 6) is 4.63. The van der Waals surface area contributed by atoms with Gasteiger partial charge in [0.15, 0.2) is 0 Å². The minimum atomic E-state index is -0.976. The molecule has 0 bridgehead atoms. The lowest BCUT2D eigenvalue weighted by Gasteiger charge is -2.19. The van der Waals surface area contributed by atoms with Crippen molar-refractivity contribution in [3.63, 3.8) is 0 Å². The van der Waals surface area contributed by atoms with Crippen molar-refractivity contribution in [1.82, 2.24) is 5.32 Å². The van der Waals surface area contributed by atoms with Crippen LogP contribution in [-0.4, -0.2) is 29.3 Å². The molecule has 0 saturated carbocycles. The number of rotatable bonds is 3. The van der Waals surface area contributed by atoms with Gasteiger partial charge in [-0.3, -0.25) is 0 Å². The first-order chi connectivity index (χ1) is 9.29. The second-order valence-corrected chi connectivity index (χ2v) is 5.87. The molecule has 5 nitrogen and oxygen atoms in total. The Bertz CT molecular complexity index is 546. The number of thiophene rings is 1. The molecule has 0 spiro atoms. The SMILES string of the molecule is CC(C)(C)OC(=O)NCCC#Cc1ccsc1C(=O)O. The van der Waals surface area contributed by atoms with Crippen LogP contribution in [0.1, 0.15) is 42.4 Å². The molecule has 2 N–H and O–H groups in total. The molecule has 108 valence electrons. The van der Waals surface area contributed by atoms with E-state index in [1.54, 1.807) is 32.2 Å². The zero-order valence-electron chi connectivity index (χ0n) is 11.6. The van der Waals surface area contributed by atoms with Gasteiger partial charge in [-0.1, -0.05) is 11.8 Å². The zero-order chi connectivity index (χ0) is 15.2. The monoisotopic (exact) mass is 295 g/mol. The molecule has 0 aliphatic carbocycles. The van der Waals surface area contributed by atoms with Crippen LogP contribution in [0, 0.1) is 11.8 Å². The van der Waals surface area contributed by atoms with Gasteiger partial charge in [-0.05, 0) is 32.2 Å². The summed E-state index contributed by atoms with van der Waals surface area (Å²) < 4.78 is 5.07. The summed E-state index contributed by atoms with van der Waals surface area (Å²) in [6.07, 6.45) is -0.0604. The smallest absolute Gasteiger partial charge is 0.407 e. The highest BCUT2D eigenvalue weighted by Gasteiger charge is 2.15. The number of hydrogen-bond donors (Lipinski definition) is 2. The number of amides is 1. The van der Waals surface area contributed by atoms with Gasteiger partial charge < -0.3 is 15.2 Å². The lowest BCUT2D eigenvalue weighted by molar-refractivity contribution is 0.0528. The van der Waals surface area contributed by atoms with Crippen molar-refractivity contribution < 1.29 is 19.4 Å². The van der Waals surface area contributed by atoms with Crippen molar-refractivity contribution >= 4 is 23.4 Å². The molecule has 0 aliphatic heterocycles. The average molecular weight is 295 g/mol. The normalized spacial score (nSPS) is 10.3. The van der Waals surface area contributed by atoms with Crippen LogP contribution in [0.5, 0.6) is 0 Å². The molecule has 1 aromatic heterocycles. The third-order valence-electron chi connectivity index (χ3n) is 2.00. The molecule has 1 aromatic rings. The van der Waals surface area contributed by atoms with Gasteiger partial charge in [-0.2, -0.15) is 0 Å². The summed E-state index contributed by atoms with van der Waals surface area (Å²) in [5.41, 5.74) is -0.0252. The van der Waals surface area contributed by atoms with Gasteiger partial charge >= 0.3 is 12.1 Å². The highest BCUT2D eigenvalue weighted by molar-refractivity contribution is 7.12. The summed E-state index contributed by atoms with van der Waals surface area (Å²) in [6.45, 7) is 5.72. The molecule has 0 aliphatic rings. The van der Waals surface area contributed by atoms with E-state index in [9.17, 15) is 9.59 Å². The molecule has 0 radical (unpaired) electrons. The van der Waals surface area contributed by atoms with E-state index in [0.717, 1.165) is 11.3 Å². The fourth-order valence-electron chi connectivity index (χ4n) is 1.27. The Labute approximate surface area is 122 Å². The lowest BCUT2D eigenvalue weighted by Crippen LogP contribution is -2.32. The van der Waals surface area contributed by atoms with Gasteiger partial charge in [-0.15, -0.1) is 11.3 Å². The van der Waals surface area contributed by atoms with Crippen molar-refractivity contribution in [3.8, 4) is 11.8 Å². The van der Waals surface area contributed by atoms with Crippen LogP contribution in [0.4, 0.5) is 4.79 Å². The second kappa shape index (κ2) is 6.96. The molecule has 1 heterocycles. The van der Waals surface area contributed by atoms with E-state index in [0.29, 0.717) is 18.5 Å². The van der Waals surface area contributed by atoms with Crippen LogP contribution in [0.3, 0.4) is 0 Å². The maximum Gasteiger partial charge on any atom is 0.407 e. The molecule has 0 unspecified atom stereocenters. The Morgan fingerprint density at radius 2 is 2.15 bits per heavy atom. The van der Waals surface area contributed by atoms with Crippen LogP contribution in [-0.2, 0) is 4.74 Å². The van der Waals surface area contributed by atoms with E-state index in [4.69, 9.17) is 9.84 Å². The number of ether oxygens (including phenoxy) is 1. The van der Waals surface area contributed by atoms with Crippen LogP contribution in [0.2, 0.25) is 0 Å². The highest BCUT2D eigenvalue weighted by Crippen LogP contribution is 2.15. The van der Waals surface area contributed by atoms with Gasteiger partial charge in [0.05, 0.1) is 0 Å². The fourth-order valence-corrected chi connectivity index (χ4v) is 1.96. The number of hydrogen-bond acceptors (Lipinski definition) is 4. The Balaban J connectivity index is 2.39. The number of alkyl carbamates (subject to hydrolysis) is 1. The van der Waals surface area contributed by atoms with Crippen LogP contribution in [0.15, 0.2) is 11.4 Å². The summed E-state index contributed by atoms with van der Waals surface area (Å²) in [5, 5.41) is 13.2. The first-order valence-electron chi connectivity index (χ1n) is 6.06. The van der Waals surface area contributed by atoms with Crippen LogP contribution < -0.4 is 5.32 Å². The van der Waals surface area contributed by atoms with Crippen molar-refractivity contribution in [2.24, 2.45) is 0 Å². The van der Waals surface area contributed by atoms with Crippen molar-refractivity contribution in [3.05, 3.63) is 21.9 Å². The summed E-state index contributed by atoms with van der Waals surface area (Å²) in [4.78, 5) is 22.4. The predicted octanol–water partition coefficient (Wildman–Crippen LogP) is 2.71. The number of carbonyl (C=O) groups is 2. The molecule has 0 saturated heterocycles. The van der Waals surface area contributed by atoms with Crippen LogP contribution in [0.25, 0.3) is 0 Å². The quantitative estimate of drug-likeness (QED) is 0.664.